The Morgan fingerprint density at radius 3 is 1.76 bits per heavy atom. The monoisotopic (exact) mass is 680 g/mol. The maximum atomic E-state index is 14.1. The predicted octanol–water partition coefficient (Wildman–Crippen LogP) is 11.3. The third kappa shape index (κ3) is 8.39. The summed E-state index contributed by atoms with van der Waals surface area (Å²) in [6, 6.07) is 47.7. The molecular formula is C44H35F3N2O2. The maximum absolute atomic E-state index is 14.1. The van der Waals surface area contributed by atoms with E-state index in [1.54, 1.807) is 12.3 Å². The summed E-state index contributed by atoms with van der Waals surface area (Å²) in [5.74, 6) is 1.37. The van der Waals surface area contributed by atoms with Crippen molar-refractivity contribution in [3.05, 3.63) is 191 Å². The van der Waals surface area contributed by atoms with Crippen molar-refractivity contribution in [3.8, 4) is 22.6 Å². The molecule has 0 amide bonds. The first-order valence-corrected chi connectivity index (χ1v) is 16.7. The van der Waals surface area contributed by atoms with Gasteiger partial charge in [-0.1, -0.05) is 115 Å². The molecule has 0 fully saturated rings. The van der Waals surface area contributed by atoms with Crippen molar-refractivity contribution >= 4 is 16.6 Å². The van der Waals surface area contributed by atoms with Gasteiger partial charge in [-0.25, -0.2) is 0 Å². The van der Waals surface area contributed by atoms with Crippen LogP contribution in [0.3, 0.4) is 0 Å². The molecule has 7 rings (SSSR count). The second-order valence-corrected chi connectivity index (χ2v) is 12.3. The lowest BCUT2D eigenvalue weighted by Gasteiger charge is -2.17. The fraction of sp³-hybridized carbons (Fsp3) is 0.114. The van der Waals surface area contributed by atoms with Crippen LogP contribution in [-0.2, 0) is 32.4 Å². The topological polar surface area (TPSA) is 43.4 Å². The van der Waals surface area contributed by atoms with Gasteiger partial charge in [-0.2, -0.15) is 13.2 Å². The Kier molecular flexibility index (Phi) is 9.97. The van der Waals surface area contributed by atoms with Gasteiger partial charge in [-0.15, -0.1) is 0 Å². The molecule has 51 heavy (non-hydrogen) atoms. The normalized spacial score (nSPS) is 11.4. The van der Waals surface area contributed by atoms with Crippen LogP contribution in [0, 0.1) is 0 Å². The number of hydrogen-bond donors (Lipinski definition) is 1. The van der Waals surface area contributed by atoms with Crippen molar-refractivity contribution in [2.75, 3.05) is 5.32 Å². The minimum Gasteiger partial charge on any atom is -0.489 e. The van der Waals surface area contributed by atoms with Gasteiger partial charge in [0.05, 0.1) is 11.1 Å². The van der Waals surface area contributed by atoms with E-state index in [1.807, 2.05) is 133 Å². The van der Waals surface area contributed by atoms with E-state index in [1.165, 1.54) is 6.07 Å². The first kappa shape index (κ1) is 33.4. The van der Waals surface area contributed by atoms with E-state index in [9.17, 15) is 13.2 Å². The van der Waals surface area contributed by atoms with E-state index < -0.39 is 11.7 Å². The van der Waals surface area contributed by atoms with Gasteiger partial charge in [0.1, 0.15) is 24.7 Å². The third-order valence-electron chi connectivity index (χ3n) is 8.60. The van der Waals surface area contributed by atoms with Gasteiger partial charge >= 0.3 is 6.18 Å². The first-order chi connectivity index (χ1) is 24.9. The molecule has 0 radical (unpaired) electrons. The molecule has 1 N–H and O–H groups in total. The highest BCUT2D eigenvalue weighted by Gasteiger charge is 2.33. The van der Waals surface area contributed by atoms with Gasteiger partial charge in [0, 0.05) is 29.9 Å². The number of aromatic nitrogens is 1. The number of anilines is 1. The fourth-order valence-electron chi connectivity index (χ4n) is 6.15. The second kappa shape index (κ2) is 15.2. The minimum atomic E-state index is -4.53. The predicted molar refractivity (Wildman–Crippen MR) is 197 cm³/mol. The number of ether oxygens (including phenoxy) is 2. The molecule has 7 heteroatoms. The van der Waals surface area contributed by atoms with Gasteiger partial charge < -0.3 is 14.8 Å². The molecule has 0 saturated heterocycles. The number of nitrogens with zero attached hydrogens (tertiary/aromatic N) is 1. The molecule has 254 valence electrons. The van der Waals surface area contributed by atoms with E-state index in [0.717, 1.165) is 50.7 Å². The second-order valence-electron chi connectivity index (χ2n) is 12.3. The molecule has 0 aliphatic carbocycles. The average Bonchev–Trinajstić information content (AvgIpc) is 3.16. The van der Waals surface area contributed by atoms with Crippen molar-refractivity contribution < 1.29 is 22.6 Å². The van der Waals surface area contributed by atoms with Crippen LogP contribution in [0.5, 0.6) is 11.5 Å². The largest absolute Gasteiger partial charge is 0.489 e. The van der Waals surface area contributed by atoms with Crippen molar-refractivity contribution in [2.45, 2.75) is 32.4 Å². The van der Waals surface area contributed by atoms with Gasteiger partial charge in [-0.3, -0.25) is 4.98 Å². The molecule has 0 saturated carbocycles. The Morgan fingerprint density at radius 1 is 0.569 bits per heavy atom. The van der Waals surface area contributed by atoms with Crippen LogP contribution in [0.2, 0.25) is 0 Å². The number of fused-ring (bicyclic) bond motifs is 1. The number of hydrogen-bond acceptors (Lipinski definition) is 4. The molecule has 6 aromatic carbocycles. The van der Waals surface area contributed by atoms with Crippen LogP contribution in [0.1, 0.15) is 33.4 Å². The van der Waals surface area contributed by atoms with Crippen molar-refractivity contribution in [2.24, 2.45) is 0 Å². The number of para-hydroxylation sites is 1. The van der Waals surface area contributed by atoms with Gasteiger partial charge in [0.2, 0.25) is 0 Å². The van der Waals surface area contributed by atoms with Crippen LogP contribution in [0.4, 0.5) is 18.9 Å². The lowest BCUT2D eigenvalue weighted by Crippen LogP contribution is -2.07. The summed E-state index contributed by atoms with van der Waals surface area (Å²) in [5.41, 5.74) is 6.47. The Bertz CT molecular complexity index is 2160. The number of nitrogens with one attached hydrogen (secondary N) is 1. The quantitative estimate of drug-likeness (QED) is 0.139. The molecular weight excluding hydrogens is 645 g/mol. The molecule has 0 unspecified atom stereocenters. The highest BCUT2D eigenvalue weighted by molar-refractivity contribution is 5.98. The molecule has 0 atom stereocenters. The van der Waals surface area contributed by atoms with Gasteiger partial charge in [0.15, 0.2) is 0 Å². The number of halogens is 3. The van der Waals surface area contributed by atoms with Crippen molar-refractivity contribution in [1.29, 1.82) is 0 Å². The summed E-state index contributed by atoms with van der Waals surface area (Å²) in [6.07, 6.45) is -2.43. The molecule has 4 nitrogen and oxygen atoms in total. The Morgan fingerprint density at radius 2 is 1.16 bits per heavy atom. The van der Waals surface area contributed by atoms with Crippen LogP contribution in [-0.4, -0.2) is 4.98 Å². The van der Waals surface area contributed by atoms with Crippen molar-refractivity contribution in [1.82, 2.24) is 4.98 Å². The molecule has 0 spiro atoms. The zero-order valence-corrected chi connectivity index (χ0v) is 27.7. The lowest BCUT2D eigenvalue weighted by molar-refractivity contribution is -0.136. The molecule has 0 aliphatic rings. The lowest BCUT2D eigenvalue weighted by atomic mass is 9.91. The average molecular weight is 681 g/mol. The first-order valence-electron chi connectivity index (χ1n) is 16.7. The maximum Gasteiger partial charge on any atom is 0.418 e. The standard InChI is InChI=1S/C44H35F3N2O2/c45-44(46,47)41-21-11-20-40-42(36(28-49-43(40)41)22-31-12-4-1-5-13-31)35-18-10-19-37(25-35)48-27-34-23-38(50-29-32-14-6-2-7-15-32)26-39(24-34)51-30-33-16-8-3-9-17-33/h1-21,23-26,28,48H,22,27,29-30H2. The molecule has 1 heterocycles. The third-order valence-corrected chi connectivity index (χ3v) is 8.60. The Balaban J connectivity index is 1.19. The smallest absolute Gasteiger partial charge is 0.418 e. The SMILES string of the molecule is FC(F)(F)c1cccc2c(-c3cccc(NCc4cc(OCc5ccccc5)cc(OCc5ccccc5)c4)c3)c(Cc3ccccc3)cnc12. The summed E-state index contributed by atoms with van der Waals surface area (Å²) >= 11 is 0. The molecule has 0 aliphatic heterocycles. The van der Waals surface area contributed by atoms with Crippen LogP contribution in [0.15, 0.2) is 158 Å². The zero-order valence-electron chi connectivity index (χ0n) is 27.7. The zero-order chi connectivity index (χ0) is 35.0. The Hall–Kier alpha value is -6.08. The van der Waals surface area contributed by atoms with E-state index in [2.05, 4.69) is 10.3 Å². The number of pyridine rings is 1. The van der Waals surface area contributed by atoms with Crippen LogP contribution < -0.4 is 14.8 Å². The highest BCUT2D eigenvalue weighted by atomic mass is 19.4. The van der Waals surface area contributed by atoms with Gasteiger partial charge in [0.25, 0.3) is 0 Å². The molecule has 7 aromatic rings. The summed E-state index contributed by atoms with van der Waals surface area (Å²) in [4.78, 5) is 4.35. The van der Waals surface area contributed by atoms with E-state index in [0.29, 0.717) is 43.1 Å². The van der Waals surface area contributed by atoms with E-state index in [-0.39, 0.29) is 5.52 Å². The van der Waals surface area contributed by atoms with Crippen LogP contribution in [0.25, 0.3) is 22.0 Å². The number of alkyl halides is 3. The van der Waals surface area contributed by atoms with Gasteiger partial charge in [-0.05, 0) is 75.7 Å². The van der Waals surface area contributed by atoms with E-state index >= 15 is 0 Å². The highest BCUT2D eigenvalue weighted by Crippen LogP contribution is 2.39. The summed E-state index contributed by atoms with van der Waals surface area (Å²) in [7, 11) is 0. The minimum absolute atomic E-state index is 0.0643. The summed E-state index contributed by atoms with van der Waals surface area (Å²) in [5, 5.41) is 3.98. The molecule has 1 aromatic heterocycles. The van der Waals surface area contributed by atoms with Crippen molar-refractivity contribution in [3.63, 3.8) is 0 Å². The number of benzene rings is 6. The van der Waals surface area contributed by atoms with E-state index in [4.69, 9.17) is 9.47 Å². The molecule has 0 bridgehead atoms. The summed E-state index contributed by atoms with van der Waals surface area (Å²) < 4.78 is 54.6. The Labute approximate surface area is 295 Å². The van der Waals surface area contributed by atoms with Crippen LogP contribution >= 0.6 is 0 Å². The fourth-order valence-corrected chi connectivity index (χ4v) is 6.15. The number of rotatable bonds is 12. The summed E-state index contributed by atoms with van der Waals surface area (Å²) in [6.45, 7) is 1.29.